The quantitative estimate of drug-likeness (QED) is 0.654. The van der Waals surface area contributed by atoms with Gasteiger partial charge in [0.25, 0.3) is 0 Å². The minimum absolute atomic E-state index is 0.169. The Bertz CT molecular complexity index is 761. The topological polar surface area (TPSA) is 66.5 Å². The van der Waals surface area contributed by atoms with Crippen molar-refractivity contribution in [3.8, 4) is 0 Å². The summed E-state index contributed by atoms with van der Waals surface area (Å²) in [7, 11) is 0. The van der Waals surface area contributed by atoms with Crippen molar-refractivity contribution in [3.05, 3.63) is 41.5 Å². The lowest BCUT2D eigenvalue weighted by molar-refractivity contribution is -0.143. The van der Waals surface area contributed by atoms with Crippen LogP contribution in [0.25, 0.3) is 0 Å². The molecule has 1 saturated carbocycles. The van der Waals surface area contributed by atoms with Crippen molar-refractivity contribution in [1.82, 2.24) is 4.90 Å². The van der Waals surface area contributed by atoms with Crippen LogP contribution >= 0.6 is 0 Å². The van der Waals surface area contributed by atoms with E-state index in [0.717, 1.165) is 36.1 Å². The summed E-state index contributed by atoms with van der Waals surface area (Å²) in [6.45, 7) is 3.90. The number of hydrogen-bond acceptors (Lipinski definition) is 3. The third-order valence-corrected chi connectivity index (χ3v) is 6.13. The largest absolute Gasteiger partial charge is 0.324 e. The zero-order chi connectivity index (χ0) is 18.4. The van der Waals surface area contributed by atoms with Crippen molar-refractivity contribution in [2.24, 2.45) is 23.7 Å². The molecule has 3 amide bonds. The van der Waals surface area contributed by atoms with Crippen LogP contribution in [-0.2, 0) is 27.2 Å². The average molecular weight is 352 g/mol. The lowest BCUT2D eigenvalue weighted by Crippen LogP contribution is -2.39. The molecule has 2 aliphatic carbocycles. The Labute approximate surface area is 153 Å². The summed E-state index contributed by atoms with van der Waals surface area (Å²) in [5.74, 6) is -0.816. The number of fused-ring (bicyclic) bond motifs is 5. The molecule has 2 fully saturated rings. The van der Waals surface area contributed by atoms with Gasteiger partial charge in [-0.2, -0.15) is 0 Å². The molecule has 1 saturated heterocycles. The highest BCUT2D eigenvalue weighted by Crippen LogP contribution is 2.52. The van der Waals surface area contributed by atoms with Crippen LogP contribution in [0.15, 0.2) is 30.4 Å². The van der Waals surface area contributed by atoms with Gasteiger partial charge in [0.05, 0.1) is 11.8 Å². The van der Waals surface area contributed by atoms with Gasteiger partial charge in [-0.25, -0.2) is 0 Å². The highest BCUT2D eigenvalue weighted by atomic mass is 16.2. The van der Waals surface area contributed by atoms with Crippen LogP contribution < -0.4 is 5.32 Å². The average Bonchev–Trinajstić information content (AvgIpc) is 3.32. The van der Waals surface area contributed by atoms with Gasteiger partial charge in [-0.05, 0) is 42.2 Å². The van der Waals surface area contributed by atoms with Crippen molar-refractivity contribution >= 4 is 23.4 Å². The highest BCUT2D eigenvalue weighted by Gasteiger charge is 2.59. The summed E-state index contributed by atoms with van der Waals surface area (Å²) in [5.41, 5.74) is 2.95. The smallest absolute Gasteiger partial charge is 0.244 e. The SMILES string of the molecule is CCc1cccc(CC)c1NC(=O)CN1C(=O)[C@H]2[C@H](C1=O)[C@H]1C=C[C@@H]2C1. The predicted molar refractivity (Wildman–Crippen MR) is 98.3 cm³/mol. The van der Waals surface area contributed by atoms with Gasteiger partial charge in [0, 0.05) is 5.69 Å². The number of imide groups is 1. The second kappa shape index (κ2) is 6.38. The molecule has 4 rings (SSSR count). The molecule has 1 aromatic rings. The van der Waals surface area contributed by atoms with Crippen molar-refractivity contribution in [2.45, 2.75) is 33.1 Å². The van der Waals surface area contributed by atoms with Gasteiger partial charge in [0.15, 0.2) is 0 Å². The summed E-state index contributed by atoms with van der Waals surface area (Å²) in [6, 6.07) is 5.98. The number of anilines is 1. The van der Waals surface area contributed by atoms with E-state index < -0.39 is 0 Å². The number of allylic oxidation sites excluding steroid dienone is 2. The number of aryl methyl sites for hydroxylation is 2. The van der Waals surface area contributed by atoms with E-state index in [1.165, 1.54) is 4.90 Å². The molecule has 1 heterocycles. The number of benzene rings is 1. The van der Waals surface area contributed by atoms with E-state index in [2.05, 4.69) is 17.5 Å². The number of carbonyl (C=O) groups is 3. The maximum atomic E-state index is 12.7. The van der Waals surface area contributed by atoms with Crippen LogP contribution in [0.2, 0.25) is 0 Å². The minimum Gasteiger partial charge on any atom is -0.324 e. The number of nitrogens with zero attached hydrogens (tertiary/aromatic N) is 1. The van der Waals surface area contributed by atoms with Crippen molar-refractivity contribution in [1.29, 1.82) is 0 Å². The molecule has 26 heavy (non-hydrogen) atoms. The van der Waals surface area contributed by atoms with E-state index in [1.807, 2.05) is 32.0 Å². The molecule has 5 nitrogen and oxygen atoms in total. The number of likely N-dealkylation sites (tertiary alicyclic amines) is 1. The van der Waals surface area contributed by atoms with Gasteiger partial charge in [-0.1, -0.05) is 44.2 Å². The number of hydrogen-bond donors (Lipinski definition) is 1. The van der Waals surface area contributed by atoms with Crippen LogP contribution in [0, 0.1) is 23.7 Å². The van der Waals surface area contributed by atoms with Gasteiger partial charge in [-0.3, -0.25) is 19.3 Å². The highest BCUT2D eigenvalue weighted by molar-refractivity contribution is 6.09. The summed E-state index contributed by atoms with van der Waals surface area (Å²) in [5, 5.41) is 2.95. The lowest BCUT2D eigenvalue weighted by atomic mass is 9.85. The minimum atomic E-state index is -0.303. The van der Waals surface area contributed by atoms with Gasteiger partial charge in [-0.15, -0.1) is 0 Å². The van der Waals surface area contributed by atoms with Gasteiger partial charge in [0.2, 0.25) is 17.7 Å². The molecule has 136 valence electrons. The Kier molecular flexibility index (Phi) is 4.17. The summed E-state index contributed by atoms with van der Waals surface area (Å²) in [6.07, 6.45) is 6.64. The third kappa shape index (κ3) is 2.49. The monoisotopic (exact) mass is 352 g/mol. The number of para-hydroxylation sites is 1. The Morgan fingerprint density at radius 2 is 1.58 bits per heavy atom. The zero-order valence-electron chi connectivity index (χ0n) is 15.2. The Balaban J connectivity index is 1.50. The molecule has 3 aliphatic rings. The number of nitrogens with one attached hydrogen (secondary N) is 1. The van der Waals surface area contributed by atoms with E-state index in [0.29, 0.717) is 0 Å². The molecular formula is C21H24N2O3. The fourth-order valence-corrected chi connectivity index (χ4v) is 4.85. The maximum absolute atomic E-state index is 12.7. The van der Waals surface area contributed by atoms with Gasteiger partial charge in [0.1, 0.15) is 6.54 Å². The van der Waals surface area contributed by atoms with E-state index in [9.17, 15) is 14.4 Å². The van der Waals surface area contributed by atoms with Crippen LogP contribution in [0.5, 0.6) is 0 Å². The fraction of sp³-hybridized carbons (Fsp3) is 0.476. The second-order valence-electron chi connectivity index (χ2n) is 7.47. The van der Waals surface area contributed by atoms with Crippen LogP contribution in [0.4, 0.5) is 5.69 Å². The Morgan fingerprint density at radius 3 is 2.08 bits per heavy atom. The molecule has 1 N–H and O–H groups in total. The Morgan fingerprint density at radius 1 is 1.04 bits per heavy atom. The van der Waals surface area contributed by atoms with E-state index in [-0.39, 0.29) is 47.9 Å². The first-order valence-electron chi connectivity index (χ1n) is 9.49. The summed E-state index contributed by atoms with van der Waals surface area (Å²) in [4.78, 5) is 39.2. The van der Waals surface area contributed by atoms with Crippen LogP contribution in [0.3, 0.4) is 0 Å². The molecule has 0 radical (unpaired) electrons. The van der Waals surface area contributed by atoms with E-state index >= 15 is 0 Å². The molecule has 1 aliphatic heterocycles. The lowest BCUT2D eigenvalue weighted by Gasteiger charge is -2.19. The summed E-state index contributed by atoms with van der Waals surface area (Å²) < 4.78 is 0. The summed E-state index contributed by atoms with van der Waals surface area (Å²) >= 11 is 0. The first-order valence-corrected chi connectivity index (χ1v) is 9.49. The van der Waals surface area contributed by atoms with E-state index in [4.69, 9.17) is 0 Å². The molecule has 1 aromatic carbocycles. The zero-order valence-corrected chi connectivity index (χ0v) is 15.2. The number of carbonyl (C=O) groups excluding carboxylic acids is 3. The fourth-order valence-electron chi connectivity index (χ4n) is 4.85. The maximum Gasteiger partial charge on any atom is 0.244 e. The van der Waals surface area contributed by atoms with Crippen molar-refractivity contribution in [2.75, 3.05) is 11.9 Å². The first kappa shape index (κ1) is 17.0. The van der Waals surface area contributed by atoms with Gasteiger partial charge < -0.3 is 5.32 Å². The molecule has 4 atom stereocenters. The molecule has 0 unspecified atom stereocenters. The second-order valence-corrected chi connectivity index (χ2v) is 7.47. The van der Waals surface area contributed by atoms with Crippen LogP contribution in [0.1, 0.15) is 31.4 Å². The normalized spacial score (nSPS) is 28.8. The van der Waals surface area contributed by atoms with Crippen molar-refractivity contribution in [3.63, 3.8) is 0 Å². The van der Waals surface area contributed by atoms with E-state index in [1.54, 1.807) is 0 Å². The molecule has 2 bridgehead atoms. The molecule has 5 heteroatoms. The van der Waals surface area contributed by atoms with Crippen molar-refractivity contribution < 1.29 is 14.4 Å². The molecule has 0 aromatic heterocycles. The number of amides is 3. The first-order chi connectivity index (χ1) is 12.5. The molecule has 0 spiro atoms. The Hall–Kier alpha value is -2.43. The van der Waals surface area contributed by atoms with Crippen LogP contribution in [-0.4, -0.2) is 29.2 Å². The predicted octanol–water partition coefficient (Wildman–Crippen LogP) is 2.56. The standard InChI is InChI=1S/C21H24N2O3/c1-3-12-6-5-7-13(4-2)19(12)22-16(24)11-23-20(25)17-14-8-9-15(10-14)18(17)21(23)26/h5-9,14-15,17-18H,3-4,10-11H2,1-2H3,(H,22,24)/t14-,15+,17-,18-/m1/s1. The number of rotatable bonds is 5. The third-order valence-electron chi connectivity index (χ3n) is 6.13. The molecular weight excluding hydrogens is 328 g/mol. The van der Waals surface area contributed by atoms with Gasteiger partial charge >= 0.3 is 0 Å².